The van der Waals surface area contributed by atoms with Gasteiger partial charge in [0.2, 0.25) is 5.76 Å². The van der Waals surface area contributed by atoms with Crippen molar-refractivity contribution in [1.82, 2.24) is 0 Å². The zero-order valence-corrected chi connectivity index (χ0v) is 10.6. The van der Waals surface area contributed by atoms with E-state index in [1.54, 1.807) is 0 Å². The van der Waals surface area contributed by atoms with Crippen LogP contribution >= 0.6 is 15.9 Å². The van der Waals surface area contributed by atoms with Gasteiger partial charge in [0, 0.05) is 6.07 Å². The van der Waals surface area contributed by atoms with Gasteiger partial charge in [0.25, 0.3) is 0 Å². The maximum absolute atomic E-state index is 13.0. The van der Waals surface area contributed by atoms with E-state index < -0.39 is 11.8 Å². The van der Waals surface area contributed by atoms with Crippen LogP contribution in [0.25, 0.3) is 0 Å². The third-order valence-electron chi connectivity index (χ3n) is 2.14. The highest BCUT2D eigenvalue weighted by Crippen LogP contribution is 2.26. The van der Waals surface area contributed by atoms with Crippen LogP contribution in [0.2, 0.25) is 0 Å². The largest absolute Gasteiger partial charge is 0.484 e. The lowest BCUT2D eigenvalue weighted by Crippen LogP contribution is -1.96. The van der Waals surface area contributed by atoms with Gasteiger partial charge in [0.05, 0.1) is 4.47 Å². The molecule has 0 spiro atoms. The van der Waals surface area contributed by atoms with E-state index in [4.69, 9.17) is 14.3 Å². The Morgan fingerprint density at radius 2 is 2.17 bits per heavy atom. The first kappa shape index (κ1) is 12.6. The first-order valence-electron chi connectivity index (χ1n) is 4.96. The molecule has 0 unspecified atom stereocenters. The summed E-state index contributed by atoms with van der Waals surface area (Å²) in [6.45, 7) is 0.0231. The van der Waals surface area contributed by atoms with E-state index in [0.717, 1.165) is 0 Å². The standard InChI is InChI=1S/C12H8BrFO4/c13-9-3-1-7(14)5-11(9)17-6-8-2-4-10(18-8)12(15)16/h1-5H,6H2,(H,15,16). The maximum Gasteiger partial charge on any atom is 0.371 e. The third-order valence-corrected chi connectivity index (χ3v) is 2.79. The highest BCUT2D eigenvalue weighted by atomic mass is 79.9. The molecule has 0 atom stereocenters. The number of hydrogen-bond donors (Lipinski definition) is 1. The van der Waals surface area contributed by atoms with Gasteiger partial charge in [0.15, 0.2) is 0 Å². The van der Waals surface area contributed by atoms with E-state index in [1.807, 2.05) is 0 Å². The van der Waals surface area contributed by atoms with E-state index >= 15 is 0 Å². The third kappa shape index (κ3) is 2.89. The summed E-state index contributed by atoms with van der Waals surface area (Å²) in [5.74, 6) is -1.05. The number of halogens is 2. The molecule has 6 heteroatoms. The lowest BCUT2D eigenvalue weighted by Gasteiger charge is -2.06. The van der Waals surface area contributed by atoms with Crippen molar-refractivity contribution in [3.63, 3.8) is 0 Å². The van der Waals surface area contributed by atoms with Crippen LogP contribution in [0.4, 0.5) is 4.39 Å². The molecule has 18 heavy (non-hydrogen) atoms. The maximum atomic E-state index is 13.0. The van der Waals surface area contributed by atoms with Crippen molar-refractivity contribution in [1.29, 1.82) is 0 Å². The minimum absolute atomic E-state index is 0.0231. The number of carboxylic acid groups (broad SMARTS) is 1. The summed E-state index contributed by atoms with van der Waals surface area (Å²) in [4.78, 5) is 10.6. The molecule has 0 aliphatic heterocycles. The molecule has 0 fully saturated rings. The summed E-state index contributed by atoms with van der Waals surface area (Å²) in [7, 11) is 0. The molecular formula is C12H8BrFO4. The second kappa shape index (κ2) is 5.22. The van der Waals surface area contributed by atoms with Crippen LogP contribution in [0.1, 0.15) is 16.3 Å². The van der Waals surface area contributed by atoms with Gasteiger partial charge < -0.3 is 14.3 Å². The average Bonchev–Trinajstić information content (AvgIpc) is 2.79. The molecule has 1 aromatic carbocycles. The first-order valence-corrected chi connectivity index (χ1v) is 5.75. The summed E-state index contributed by atoms with van der Waals surface area (Å²) >= 11 is 3.22. The molecule has 0 radical (unpaired) electrons. The van der Waals surface area contributed by atoms with Gasteiger partial charge in [-0.2, -0.15) is 0 Å². The Balaban J connectivity index is 2.06. The second-order valence-corrected chi connectivity index (χ2v) is 4.29. The van der Waals surface area contributed by atoms with Crippen molar-refractivity contribution in [3.8, 4) is 5.75 Å². The van der Waals surface area contributed by atoms with Crippen molar-refractivity contribution in [2.24, 2.45) is 0 Å². The molecule has 0 aliphatic rings. The molecule has 1 aromatic heterocycles. The van der Waals surface area contributed by atoms with E-state index in [-0.39, 0.29) is 12.4 Å². The van der Waals surface area contributed by atoms with E-state index in [0.29, 0.717) is 16.0 Å². The number of furan rings is 1. The van der Waals surface area contributed by atoms with Gasteiger partial charge in [-0.3, -0.25) is 0 Å². The highest BCUT2D eigenvalue weighted by molar-refractivity contribution is 9.10. The molecule has 4 nitrogen and oxygen atoms in total. The van der Waals surface area contributed by atoms with Crippen LogP contribution in [0.5, 0.6) is 5.75 Å². The smallest absolute Gasteiger partial charge is 0.371 e. The molecule has 0 saturated carbocycles. The summed E-state index contributed by atoms with van der Waals surface area (Å²) in [6, 6.07) is 6.88. The van der Waals surface area contributed by atoms with E-state index in [1.165, 1.54) is 30.3 Å². The Morgan fingerprint density at radius 1 is 1.39 bits per heavy atom. The fourth-order valence-electron chi connectivity index (χ4n) is 1.31. The minimum Gasteiger partial charge on any atom is -0.484 e. The summed E-state index contributed by atoms with van der Waals surface area (Å²) in [5, 5.41) is 8.67. The number of ether oxygens (including phenoxy) is 1. The molecule has 0 saturated heterocycles. The lowest BCUT2D eigenvalue weighted by atomic mass is 10.3. The van der Waals surface area contributed by atoms with Gasteiger partial charge in [-0.05, 0) is 40.2 Å². The topological polar surface area (TPSA) is 59.7 Å². The number of rotatable bonds is 4. The SMILES string of the molecule is O=C(O)c1ccc(COc2cc(F)ccc2Br)o1. The molecule has 0 bridgehead atoms. The summed E-state index contributed by atoms with van der Waals surface area (Å²) in [6.07, 6.45) is 0. The number of carboxylic acids is 1. The van der Waals surface area contributed by atoms with Gasteiger partial charge >= 0.3 is 5.97 Å². The lowest BCUT2D eigenvalue weighted by molar-refractivity contribution is 0.0658. The summed E-state index contributed by atoms with van der Waals surface area (Å²) in [5.41, 5.74) is 0. The Hall–Kier alpha value is -1.82. The molecule has 1 heterocycles. The molecule has 94 valence electrons. The molecule has 2 aromatic rings. The van der Waals surface area contributed by atoms with Gasteiger partial charge in [0.1, 0.15) is 23.9 Å². The number of benzene rings is 1. The highest BCUT2D eigenvalue weighted by Gasteiger charge is 2.10. The van der Waals surface area contributed by atoms with Crippen LogP contribution in [0, 0.1) is 5.82 Å². The number of hydrogen-bond acceptors (Lipinski definition) is 3. The number of carbonyl (C=O) groups is 1. The molecule has 2 rings (SSSR count). The predicted molar refractivity (Wildman–Crippen MR) is 64.1 cm³/mol. The van der Waals surface area contributed by atoms with Crippen molar-refractivity contribution in [3.05, 3.63) is 52.1 Å². The quantitative estimate of drug-likeness (QED) is 0.939. The van der Waals surface area contributed by atoms with Crippen molar-refractivity contribution in [2.75, 3.05) is 0 Å². The molecular weight excluding hydrogens is 307 g/mol. The molecule has 0 aliphatic carbocycles. The van der Waals surface area contributed by atoms with Crippen LogP contribution in [-0.2, 0) is 6.61 Å². The van der Waals surface area contributed by atoms with Gasteiger partial charge in [-0.25, -0.2) is 9.18 Å². The van der Waals surface area contributed by atoms with Crippen LogP contribution < -0.4 is 4.74 Å². The Labute approximate surface area is 110 Å². The molecule has 0 amide bonds. The Morgan fingerprint density at radius 3 is 2.83 bits per heavy atom. The molecule has 1 N–H and O–H groups in total. The van der Waals surface area contributed by atoms with Crippen LogP contribution in [-0.4, -0.2) is 11.1 Å². The van der Waals surface area contributed by atoms with Gasteiger partial charge in [-0.1, -0.05) is 0 Å². The first-order chi connectivity index (χ1) is 8.56. The Kier molecular flexibility index (Phi) is 3.66. The van der Waals surface area contributed by atoms with Crippen molar-refractivity contribution < 1.29 is 23.4 Å². The van der Waals surface area contributed by atoms with E-state index in [2.05, 4.69) is 15.9 Å². The second-order valence-electron chi connectivity index (χ2n) is 3.43. The average molecular weight is 315 g/mol. The minimum atomic E-state index is -1.15. The van der Waals surface area contributed by atoms with Crippen molar-refractivity contribution in [2.45, 2.75) is 6.61 Å². The summed E-state index contributed by atoms with van der Waals surface area (Å²) < 4.78 is 23.9. The normalized spacial score (nSPS) is 10.3. The zero-order valence-electron chi connectivity index (χ0n) is 9.02. The predicted octanol–water partition coefficient (Wildman–Crippen LogP) is 3.46. The monoisotopic (exact) mass is 314 g/mol. The van der Waals surface area contributed by atoms with Crippen molar-refractivity contribution >= 4 is 21.9 Å². The van der Waals surface area contributed by atoms with E-state index in [9.17, 15) is 9.18 Å². The fraction of sp³-hybridized carbons (Fsp3) is 0.0833. The van der Waals surface area contributed by atoms with Crippen LogP contribution in [0.3, 0.4) is 0 Å². The van der Waals surface area contributed by atoms with Crippen LogP contribution in [0.15, 0.2) is 39.2 Å². The fourth-order valence-corrected chi connectivity index (χ4v) is 1.67. The van der Waals surface area contributed by atoms with Gasteiger partial charge in [-0.15, -0.1) is 0 Å². The zero-order chi connectivity index (χ0) is 13.1. The Bertz CT molecular complexity index is 579. The number of aromatic carboxylic acids is 1.